The number of carbonyl (C=O) groups is 1. The van der Waals surface area contributed by atoms with E-state index in [-0.39, 0.29) is 24.3 Å². The van der Waals surface area contributed by atoms with Gasteiger partial charge in [-0.3, -0.25) is 9.69 Å². The molecule has 24 heavy (non-hydrogen) atoms. The number of likely N-dealkylation sites (N-methyl/N-ethyl adjacent to an activating group) is 1. The number of nitrogens with one attached hydrogen (secondary N) is 1. The molecule has 6 heteroatoms. The minimum atomic E-state index is -0.272. The molecule has 1 atom stereocenters. The molecular weight excluding hydrogens is 350 g/mol. The lowest BCUT2D eigenvalue weighted by molar-refractivity contribution is -0.122. The van der Waals surface area contributed by atoms with Crippen molar-refractivity contribution < 1.29 is 9.18 Å². The second kappa shape index (κ2) is 8.47. The third-order valence-corrected chi connectivity index (χ3v) is 4.18. The van der Waals surface area contributed by atoms with E-state index in [9.17, 15) is 9.18 Å². The summed E-state index contributed by atoms with van der Waals surface area (Å²) in [6.45, 7) is 2.37. The second-order valence-electron chi connectivity index (χ2n) is 5.72. The molecule has 1 N–H and O–H groups in total. The van der Waals surface area contributed by atoms with Crippen molar-refractivity contribution in [3.8, 4) is 0 Å². The van der Waals surface area contributed by atoms with Gasteiger partial charge in [0.1, 0.15) is 5.82 Å². The lowest BCUT2D eigenvalue weighted by Gasteiger charge is -2.20. The molecule has 0 unspecified atom stereocenters. The van der Waals surface area contributed by atoms with Crippen LogP contribution in [0.4, 0.5) is 4.39 Å². The number of hydrogen-bond donors (Lipinski definition) is 1. The van der Waals surface area contributed by atoms with E-state index >= 15 is 0 Å². The largest absolute Gasteiger partial charge is 0.348 e. The number of benzene rings is 2. The van der Waals surface area contributed by atoms with Crippen molar-refractivity contribution in [2.45, 2.75) is 19.5 Å². The predicted octanol–water partition coefficient (Wildman–Crippen LogP) is 4.44. The van der Waals surface area contributed by atoms with Gasteiger partial charge in [0.05, 0.1) is 12.6 Å². The van der Waals surface area contributed by atoms with Crippen LogP contribution in [0.1, 0.15) is 24.1 Å². The molecule has 0 aliphatic rings. The SMILES string of the molecule is C[C@@H](NC(=O)CN(C)Cc1ccccc1F)c1ccc(Cl)cc1Cl. The summed E-state index contributed by atoms with van der Waals surface area (Å²) in [6.07, 6.45) is 0. The summed E-state index contributed by atoms with van der Waals surface area (Å²) in [5.74, 6) is -0.432. The van der Waals surface area contributed by atoms with Gasteiger partial charge in [-0.15, -0.1) is 0 Å². The summed E-state index contributed by atoms with van der Waals surface area (Å²) in [7, 11) is 1.77. The van der Waals surface area contributed by atoms with E-state index in [4.69, 9.17) is 23.2 Å². The van der Waals surface area contributed by atoms with Crippen LogP contribution in [-0.4, -0.2) is 24.4 Å². The van der Waals surface area contributed by atoms with Gasteiger partial charge < -0.3 is 5.32 Å². The van der Waals surface area contributed by atoms with Crippen molar-refractivity contribution in [3.63, 3.8) is 0 Å². The molecule has 2 aromatic rings. The first-order valence-electron chi connectivity index (χ1n) is 7.53. The van der Waals surface area contributed by atoms with Crippen LogP contribution >= 0.6 is 23.2 Å². The number of carbonyl (C=O) groups excluding carboxylic acids is 1. The van der Waals surface area contributed by atoms with Crippen molar-refractivity contribution in [1.29, 1.82) is 0 Å². The van der Waals surface area contributed by atoms with Crippen LogP contribution in [0.2, 0.25) is 10.0 Å². The summed E-state index contributed by atoms with van der Waals surface area (Å²) >= 11 is 12.0. The maximum absolute atomic E-state index is 13.6. The van der Waals surface area contributed by atoms with Crippen LogP contribution in [0.25, 0.3) is 0 Å². The number of amides is 1. The van der Waals surface area contributed by atoms with Crippen molar-refractivity contribution in [2.24, 2.45) is 0 Å². The summed E-state index contributed by atoms with van der Waals surface area (Å²) < 4.78 is 13.6. The van der Waals surface area contributed by atoms with Crippen LogP contribution in [0.5, 0.6) is 0 Å². The Labute approximate surface area is 151 Å². The lowest BCUT2D eigenvalue weighted by Crippen LogP contribution is -2.36. The normalized spacial score (nSPS) is 12.2. The quantitative estimate of drug-likeness (QED) is 0.817. The van der Waals surface area contributed by atoms with Crippen molar-refractivity contribution >= 4 is 29.1 Å². The van der Waals surface area contributed by atoms with Crippen LogP contribution in [0, 0.1) is 5.82 Å². The Morgan fingerprint density at radius 2 is 1.96 bits per heavy atom. The highest BCUT2D eigenvalue weighted by Gasteiger charge is 2.15. The summed E-state index contributed by atoms with van der Waals surface area (Å²) in [6, 6.07) is 11.5. The van der Waals surface area contributed by atoms with Crippen molar-refractivity contribution in [3.05, 3.63) is 69.5 Å². The van der Waals surface area contributed by atoms with Crippen molar-refractivity contribution in [1.82, 2.24) is 10.2 Å². The number of nitrogens with zero attached hydrogens (tertiary/aromatic N) is 1. The molecule has 0 bridgehead atoms. The topological polar surface area (TPSA) is 32.3 Å². The van der Waals surface area contributed by atoms with Gasteiger partial charge in [0.15, 0.2) is 0 Å². The molecule has 0 fully saturated rings. The Morgan fingerprint density at radius 3 is 2.62 bits per heavy atom. The Balaban J connectivity index is 1.91. The van der Waals surface area contributed by atoms with Crippen LogP contribution < -0.4 is 5.32 Å². The van der Waals surface area contributed by atoms with Gasteiger partial charge >= 0.3 is 0 Å². The van der Waals surface area contributed by atoms with Crippen LogP contribution in [0.3, 0.4) is 0 Å². The number of hydrogen-bond acceptors (Lipinski definition) is 2. The van der Waals surface area contributed by atoms with Gasteiger partial charge in [0, 0.05) is 22.2 Å². The number of rotatable bonds is 6. The first-order valence-corrected chi connectivity index (χ1v) is 8.28. The van der Waals surface area contributed by atoms with Gasteiger partial charge in [0.25, 0.3) is 0 Å². The minimum Gasteiger partial charge on any atom is -0.348 e. The third-order valence-electron chi connectivity index (χ3n) is 3.62. The molecule has 3 nitrogen and oxygen atoms in total. The van der Waals surface area contributed by atoms with Crippen LogP contribution in [0.15, 0.2) is 42.5 Å². The zero-order valence-corrected chi connectivity index (χ0v) is 15.0. The zero-order valence-electron chi connectivity index (χ0n) is 13.5. The highest BCUT2D eigenvalue weighted by Crippen LogP contribution is 2.26. The third kappa shape index (κ3) is 5.20. The number of halogens is 3. The molecule has 0 saturated carbocycles. The summed E-state index contributed by atoms with van der Waals surface area (Å²) in [5.41, 5.74) is 1.35. The van der Waals surface area contributed by atoms with Gasteiger partial charge in [-0.05, 0) is 37.7 Å². The van der Waals surface area contributed by atoms with Crippen molar-refractivity contribution in [2.75, 3.05) is 13.6 Å². The van der Waals surface area contributed by atoms with Gasteiger partial charge in [-0.25, -0.2) is 4.39 Å². The molecule has 1 amide bonds. The van der Waals surface area contributed by atoms with E-state index in [1.165, 1.54) is 6.07 Å². The van der Waals surface area contributed by atoms with Gasteiger partial charge in [-0.2, -0.15) is 0 Å². The van der Waals surface area contributed by atoms with E-state index in [2.05, 4.69) is 5.32 Å². The second-order valence-corrected chi connectivity index (χ2v) is 6.56. The molecule has 2 aromatic carbocycles. The fourth-order valence-corrected chi connectivity index (χ4v) is 3.01. The van der Waals surface area contributed by atoms with E-state index in [1.807, 2.05) is 6.92 Å². The summed E-state index contributed by atoms with van der Waals surface area (Å²) in [4.78, 5) is 13.9. The Bertz CT molecular complexity index is 724. The fourth-order valence-electron chi connectivity index (χ4n) is 2.44. The zero-order chi connectivity index (χ0) is 17.7. The van der Waals surface area contributed by atoms with Crippen LogP contribution in [-0.2, 0) is 11.3 Å². The Hall–Kier alpha value is -1.62. The lowest BCUT2D eigenvalue weighted by atomic mass is 10.1. The average molecular weight is 369 g/mol. The van der Waals surface area contributed by atoms with E-state index in [0.717, 1.165) is 5.56 Å². The van der Waals surface area contributed by atoms with E-state index in [0.29, 0.717) is 22.2 Å². The Morgan fingerprint density at radius 1 is 1.25 bits per heavy atom. The fraction of sp³-hybridized carbons (Fsp3) is 0.278. The Kier molecular flexibility index (Phi) is 6.60. The first kappa shape index (κ1) is 18.7. The van der Waals surface area contributed by atoms with E-state index in [1.54, 1.807) is 48.3 Å². The minimum absolute atomic E-state index is 0.157. The van der Waals surface area contributed by atoms with Gasteiger partial charge in [-0.1, -0.05) is 47.5 Å². The molecule has 0 radical (unpaired) electrons. The molecule has 0 spiro atoms. The average Bonchev–Trinajstić information content (AvgIpc) is 2.49. The predicted molar refractivity (Wildman–Crippen MR) is 95.8 cm³/mol. The smallest absolute Gasteiger partial charge is 0.234 e. The standard InChI is InChI=1S/C18H19Cl2FN2O/c1-12(15-8-7-14(19)9-16(15)20)22-18(24)11-23(2)10-13-5-3-4-6-17(13)21/h3-9,12H,10-11H2,1-2H3,(H,22,24)/t12-/m1/s1. The van der Waals surface area contributed by atoms with E-state index < -0.39 is 0 Å². The molecular formula is C18H19Cl2FN2O. The maximum Gasteiger partial charge on any atom is 0.234 e. The highest BCUT2D eigenvalue weighted by atomic mass is 35.5. The molecule has 0 heterocycles. The highest BCUT2D eigenvalue weighted by molar-refractivity contribution is 6.35. The molecule has 0 aliphatic heterocycles. The monoisotopic (exact) mass is 368 g/mol. The first-order chi connectivity index (χ1) is 11.4. The molecule has 0 aliphatic carbocycles. The molecule has 0 aromatic heterocycles. The molecule has 2 rings (SSSR count). The summed E-state index contributed by atoms with van der Waals surface area (Å²) in [5, 5.41) is 3.94. The van der Waals surface area contributed by atoms with Gasteiger partial charge in [0.2, 0.25) is 5.91 Å². The molecule has 128 valence electrons. The molecule has 0 saturated heterocycles. The maximum atomic E-state index is 13.6.